The molecule has 0 atom stereocenters. The van der Waals surface area contributed by atoms with Gasteiger partial charge in [0.1, 0.15) is 50.6 Å². The van der Waals surface area contributed by atoms with E-state index in [-0.39, 0.29) is 5.82 Å². The Labute approximate surface area is 820 Å². The number of hydrogen-bond acceptors (Lipinski definition) is 4. The smallest absolute Gasteiger partial charge is 0.152 e. The molecule has 32 rings (SSSR count). The van der Waals surface area contributed by atoms with Gasteiger partial charge in [-0.3, -0.25) is 0 Å². The van der Waals surface area contributed by atoms with Crippen LogP contribution in [0.2, 0.25) is 0 Å². The maximum Gasteiger partial charge on any atom is 0.152 e. The van der Waals surface area contributed by atoms with Crippen LogP contribution in [0, 0.1) is 5.82 Å². The van der Waals surface area contributed by atoms with Crippen molar-refractivity contribution in [1.29, 1.82) is 0 Å². The van der Waals surface area contributed by atoms with Crippen molar-refractivity contribution in [3.05, 3.63) is 491 Å². The molecule has 0 N–H and O–H groups in total. The Bertz CT molecular complexity index is 10900. The fourth-order valence-electron chi connectivity index (χ4n) is 23.6. The molecule has 0 amide bonds. The van der Waals surface area contributed by atoms with E-state index in [0.717, 1.165) is 199 Å². The lowest BCUT2D eigenvalue weighted by Crippen LogP contribution is -1.97. The number of halogens is 1. The maximum absolute atomic E-state index is 14.3. The molecule has 0 spiro atoms. The van der Waals surface area contributed by atoms with Gasteiger partial charge in [-0.15, -0.1) is 0 Å². The summed E-state index contributed by atoms with van der Waals surface area (Å²) >= 11 is 0. The Morgan fingerprint density at radius 3 is 0.924 bits per heavy atom. The summed E-state index contributed by atoms with van der Waals surface area (Å²) in [7, 11) is 0. The van der Waals surface area contributed by atoms with Crippen LogP contribution >= 0.6 is 0 Å². The van der Waals surface area contributed by atoms with E-state index in [9.17, 15) is 4.39 Å². The van der Waals surface area contributed by atoms with Crippen LogP contribution in [0.5, 0.6) is 11.5 Å². The molecule has 0 saturated carbocycles. The van der Waals surface area contributed by atoms with E-state index in [2.05, 4.69) is 438 Å². The van der Waals surface area contributed by atoms with Crippen molar-refractivity contribution < 1.29 is 22.4 Å². The van der Waals surface area contributed by atoms with Gasteiger partial charge in [-0.1, -0.05) is 249 Å². The highest BCUT2D eigenvalue weighted by atomic mass is 19.1. The summed E-state index contributed by atoms with van der Waals surface area (Å²) in [4.78, 5) is 0. The van der Waals surface area contributed by atoms with Crippen molar-refractivity contribution in [3.8, 4) is 62.4 Å². The molecule has 11 nitrogen and oxygen atoms in total. The molecule has 0 unspecified atom stereocenters. The lowest BCUT2D eigenvalue weighted by atomic mass is 10.00. The Morgan fingerprint density at radius 2 is 0.465 bits per heavy atom. The topological polar surface area (TPSA) is 83.2 Å². The third-order valence-corrected chi connectivity index (χ3v) is 29.5. The van der Waals surface area contributed by atoms with E-state index >= 15 is 0 Å². The number of ether oxygens (including phenoxy) is 1. The summed E-state index contributed by atoms with van der Waals surface area (Å²) in [6.45, 7) is 0. The lowest BCUT2D eigenvalue weighted by Gasteiger charge is -2.13. The molecule has 674 valence electrons. The predicted octanol–water partition coefficient (Wildman–Crippen LogP) is 36.0. The first kappa shape index (κ1) is 80.7. The Morgan fingerprint density at radius 1 is 0.167 bits per heavy atom. The van der Waals surface area contributed by atoms with Crippen LogP contribution in [0.25, 0.3) is 269 Å². The Hall–Kier alpha value is -19.4. The first-order valence-corrected chi connectivity index (χ1v) is 48.8. The summed E-state index contributed by atoms with van der Waals surface area (Å²) in [5.41, 5.74) is 31.1. The van der Waals surface area contributed by atoms with Crippen LogP contribution in [-0.4, -0.2) is 32.0 Å². The van der Waals surface area contributed by atoms with Gasteiger partial charge in [0.15, 0.2) is 5.75 Å². The molecule has 144 heavy (non-hydrogen) atoms. The number of fused-ring (bicyclic) bond motifs is 36. The molecule has 0 aliphatic rings. The van der Waals surface area contributed by atoms with Crippen LogP contribution in [0.1, 0.15) is 0 Å². The molecule has 0 fully saturated rings. The third-order valence-electron chi connectivity index (χ3n) is 29.5. The van der Waals surface area contributed by atoms with E-state index in [1.165, 1.54) is 82.2 Å². The third kappa shape index (κ3) is 12.1. The fraction of sp³-hybridized carbons (Fsp3) is 0. The molecule has 32 aromatic rings. The molecule has 0 radical (unpaired) electrons. The zero-order chi connectivity index (χ0) is 94.5. The minimum Gasteiger partial charge on any atom is -0.455 e. The Balaban J connectivity index is 0.000000103. The van der Waals surface area contributed by atoms with Gasteiger partial charge in [0.25, 0.3) is 0 Å². The molecule has 0 aliphatic carbocycles. The standard InChI is InChI=1S/C54H33N3O.C42H26N2O2.C36H21FN2O/c1-4-14-36(15-5-1)55-45-22-12-10-20-39(45)43-32-34(24-28-46(43)55)35-25-29-47-44(33-35)51-48(56(47)37-16-6-2-7-17-37)31-27-42-52-49(57(53(42)51)38-18-8-3-9-19-38)30-26-41-40-21-11-13-23-50(40)58-54(41)52;1-4-14-27(15-5-1)43-34-22-12-10-21-31(34)38-35(43)25-24-32-39-41(44(40(32)38)28-16-6-2-7-17-28)37(45-29-18-8-3-9-19-29)26-33-30-20-11-13-23-36(30)46-42(33)39;37-22-15-20-32-28(21-22)25-16-18-31-34(36(25)40-32)27-17-19-30-33(35(27)39(31)24-11-5-2-6-12-24)26-13-7-8-14-29(26)38(30)23-9-3-1-4-10-23/h1-33H;1-26H;1-21H. The first-order valence-electron chi connectivity index (χ1n) is 48.8. The molecule has 0 aliphatic heterocycles. The maximum atomic E-state index is 14.3. The summed E-state index contributed by atoms with van der Waals surface area (Å²) < 4.78 is 57.7. The number of aromatic nitrogens is 7. The summed E-state index contributed by atoms with van der Waals surface area (Å²) in [6, 6.07) is 170. The highest BCUT2D eigenvalue weighted by Crippen LogP contribution is 2.53. The number of benzene rings is 22. The van der Waals surface area contributed by atoms with Crippen LogP contribution in [0.3, 0.4) is 0 Å². The number of para-hydroxylation sites is 13. The predicted molar refractivity (Wildman–Crippen MR) is 593 cm³/mol. The summed E-state index contributed by atoms with van der Waals surface area (Å²) in [6.07, 6.45) is 0. The zero-order valence-electron chi connectivity index (χ0n) is 77.3. The van der Waals surface area contributed by atoms with Crippen LogP contribution in [0.15, 0.2) is 499 Å². The fourth-order valence-corrected chi connectivity index (χ4v) is 23.6. The lowest BCUT2D eigenvalue weighted by molar-refractivity contribution is 0.487. The van der Waals surface area contributed by atoms with E-state index in [4.69, 9.17) is 18.0 Å². The van der Waals surface area contributed by atoms with Crippen molar-refractivity contribution in [2.45, 2.75) is 0 Å². The molecule has 10 heterocycles. The van der Waals surface area contributed by atoms with E-state index in [1.807, 2.05) is 60.7 Å². The summed E-state index contributed by atoms with van der Waals surface area (Å²) in [5, 5.41) is 22.3. The van der Waals surface area contributed by atoms with Crippen LogP contribution in [-0.2, 0) is 0 Å². The van der Waals surface area contributed by atoms with Gasteiger partial charge in [-0.05, 0) is 248 Å². The van der Waals surface area contributed by atoms with Crippen molar-refractivity contribution in [3.63, 3.8) is 0 Å². The van der Waals surface area contributed by atoms with E-state index < -0.39 is 0 Å². The average molecular weight is 1850 g/mol. The molecule has 12 heteroatoms. The van der Waals surface area contributed by atoms with Crippen molar-refractivity contribution >= 4 is 218 Å². The summed E-state index contributed by atoms with van der Waals surface area (Å²) in [5.74, 6) is 1.30. The number of nitrogens with zero attached hydrogens (tertiary/aromatic N) is 7. The molecule has 0 bridgehead atoms. The second kappa shape index (κ2) is 31.8. The zero-order valence-corrected chi connectivity index (χ0v) is 77.3. The van der Waals surface area contributed by atoms with Gasteiger partial charge in [0, 0.05) is 131 Å². The van der Waals surface area contributed by atoms with Gasteiger partial charge in [-0.2, -0.15) is 0 Å². The number of rotatable bonds is 10. The van der Waals surface area contributed by atoms with Crippen LogP contribution in [0.4, 0.5) is 4.39 Å². The largest absolute Gasteiger partial charge is 0.455 e. The van der Waals surface area contributed by atoms with Crippen molar-refractivity contribution in [1.82, 2.24) is 32.0 Å². The molecule has 0 saturated heterocycles. The highest BCUT2D eigenvalue weighted by molar-refractivity contribution is 6.35. The van der Waals surface area contributed by atoms with Gasteiger partial charge in [0.05, 0.1) is 87.9 Å². The number of furan rings is 3. The normalized spacial score (nSPS) is 12.1. The van der Waals surface area contributed by atoms with Gasteiger partial charge >= 0.3 is 0 Å². The molecular formula is C132H80FN7O4. The quantitative estimate of drug-likeness (QED) is 0.137. The Kier molecular flexibility index (Phi) is 17.8. The van der Waals surface area contributed by atoms with Gasteiger partial charge in [0.2, 0.25) is 0 Å². The van der Waals surface area contributed by atoms with Gasteiger partial charge < -0.3 is 50.0 Å². The highest BCUT2D eigenvalue weighted by Gasteiger charge is 2.31. The van der Waals surface area contributed by atoms with Crippen molar-refractivity contribution in [2.24, 2.45) is 0 Å². The van der Waals surface area contributed by atoms with Gasteiger partial charge in [-0.25, -0.2) is 4.39 Å². The second-order valence-corrected chi connectivity index (χ2v) is 37.3. The molecular weight excluding hydrogens is 1770 g/mol. The minimum atomic E-state index is -0.266. The molecule has 22 aromatic carbocycles. The first-order chi connectivity index (χ1) is 71.4. The number of hydrogen-bond donors (Lipinski definition) is 0. The minimum absolute atomic E-state index is 0.266. The van der Waals surface area contributed by atoms with E-state index in [1.54, 1.807) is 12.1 Å². The van der Waals surface area contributed by atoms with Crippen LogP contribution < -0.4 is 4.74 Å². The van der Waals surface area contributed by atoms with E-state index in [0.29, 0.717) is 5.58 Å². The molecule has 10 aromatic heterocycles. The second-order valence-electron chi connectivity index (χ2n) is 37.3. The van der Waals surface area contributed by atoms with Crippen molar-refractivity contribution in [2.75, 3.05) is 0 Å². The monoisotopic (exact) mass is 1850 g/mol. The SMILES string of the molecule is Fc1ccc2oc3c(ccc4c3c3ccc5c(c6ccccc6n5-c5ccccc5)c3n4-c3ccccc3)c2c1.c1ccc(-n2c3ccccc3c3cc(-c4ccc5c(c4)c4c(ccc6c7c8oc9ccccc9c8ccc7n(-c7ccccc7)c64)n5-c4ccccc4)ccc32)cc1.c1ccc(Oc2cc3c4ccccc4oc3c3c4ccc5c(c6ccccc6n5-c5ccccc5)c4n(-c4ccccc4)c23)cc1. The average Bonchev–Trinajstić information content (AvgIpc) is 1.42.